The van der Waals surface area contributed by atoms with Crippen LogP contribution < -0.4 is 12.4 Å². The quantitative estimate of drug-likeness (QED) is 0.221. The number of hydroxylamine groups is 3. The zero-order valence-electron chi connectivity index (χ0n) is 17.0. The Morgan fingerprint density at radius 2 is 0.792 bits per heavy atom. The molecule has 0 amide bonds. The van der Waals surface area contributed by atoms with Gasteiger partial charge < -0.3 is 12.4 Å². The molecular weight excluding hydrogens is 318 g/mol. The van der Waals surface area contributed by atoms with E-state index in [-0.39, 0.29) is 12.4 Å². The van der Waals surface area contributed by atoms with E-state index in [4.69, 9.17) is 0 Å². The maximum atomic E-state index is 10.8. The highest BCUT2D eigenvalue weighted by molar-refractivity contribution is 4.48. The van der Waals surface area contributed by atoms with E-state index in [0.29, 0.717) is 4.65 Å². The Morgan fingerprint density at radius 1 is 0.458 bits per heavy atom. The van der Waals surface area contributed by atoms with Crippen molar-refractivity contribution in [3.8, 4) is 0 Å². The van der Waals surface area contributed by atoms with Crippen LogP contribution >= 0.6 is 0 Å². The molecule has 148 valence electrons. The summed E-state index contributed by atoms with van der Waals surface area (Å²) < 4.78 is 0.334. The van der Waals surface area contributed by atoms with Gasteiger partial charge in [0.25, 0.3) is 0 Å². The Morgan fingerprint density at radius 3 is 1.12 bits per heavy atom. The number of halogens is 1. The molecule has 0 aromatic heterocycles. The summed E-state index contributed by atoms with van der Waals surface area (Å²) in [5, 5.41) is 10.8. The second-order valence-electron chi connectivity index (χ2n) is 7.51. The van der Waals surface area contributed by atoms with Crippen LogP contribution in [0.1, 0.15) is 117 Å². The number of quaternary nitrogens is 1. The summed E-state index contributed by atoms with van der Waals surface area (Å²) in [7, 11) is 0. The largest absolute Gasteiger partial charge is 1.00 e. The third-order valence-corrected chi connectivity index (χ3v) is 5.00. The van der Waals surface area contributed by atoms with Gasteiger partial charge >= 0.3 is 0 Å². The minimum atomic E-state index is 0. The van der Waals surface area contributed by atoms with E-state index >= 15 is 0 Å². The van der Waals surface area contributed by atoms with Gasteiger partial charge in [-0.15, -0.1) is 0 Å². The summed E-state index contributed by atoms with van der Waals surface area (Å²) in [6.07, 6.45) is 19.7. The lowest BCUT2D eigenvalue weighted by Gasteiger charge is -2.30. The van der Waals surface area contributed by atoms with Crippen LogP contribution in [-0.2, 0) is 0 Å². The highest BCUT2D eigenvalue weighted by Gasteiger charge is 2.23. The maximum Gasteiger partial charge on any atom is 0.109 e. The van der Waals surface area contributed by atoms with Gasteiger partial charge in [-0.1, -0.05) is 85.0 Å². The second kappa shape index (κ2) is 19.5. The highest BCUT2D eigenvalue weighted by atomic mass is 35.5. The molecule has 0 aliphatic rings. The van der Waals surface area contributed by atoms with Crippen molar-refractivity contribution in [3.63, 3.8) is 0 Å². The van der Waals surface area contributed by atoms with Crippen molar-refractivity contribution in [3.05, 3.63) is 0 Å². The van der Waals surface area contributed by atoms with E-state index in [9.17, 15) is 5.21 Å². The molecule has 2 nitrogen and oxygen atoms in total. The number of rotatable bonds is 18. The van der Waals surface area contributed by atoms with Crippen molar-refractivity contribution < 1.29 is 22.3 Å². The molecule has 0 rings (SSSR count). The molecule has 24 heavy (non-hydrogen) atoms. The van der Waals surface area contributed by atoms with Gasteiger partial charge in [0, 0.05) is 0 Å². The monoisotopic (exact) mass is 363 g/mol. The van der Waals surface area contributed by atoms with Crippen LogP contribution in [0, 0.1) is 0 Å². The lowest BCUT2D eigenvalue weighted by atomic mass is 10.1. The van der Waals surface area contributed by atoms with E-state index in [2.05, 4.69) is 20.8 Å². The molecule has 3 heteroatoms. The predicted octanol–water partition coefficient (Wildman–Crippen LogP) is 4.11. The summed E-state index contributed by atoms with van der Waals surface area (Å²) >= 11 is 0. The summed E-state index contributed by atoms with van der Waals surface area (Å²) in [4.78, 5) is 0. The molecule has 0 fully saturated rings. The fourth-order valence-electron chi connectivity index (χ4n) is 3.48. The normalized spacial score (nSPS) is 11.5. The van der Waals surface area contributed by atoms with E-state index in [1.165, 1.54) is 89.9 Å². The van der Waals surface area contributed by atoms with Crippen LogP contribution in [-0.4, -0.2) is 29.5 Å². The predicted molar refractivity (Wildman–Crippen MR) is 103 cm³/mol. The fraction of sp³-hybridized carbons (Fsp3) is 1.00. The van der Waals surface area contributed by atoms with Crippen molar-refractivity contribution in [2.24, 2.45) is 0 Å². The van der Waals surface area contributed by atoms with Crippen molar-refractivity contribution >= 4 is 0 Å². The molecule has 0 aromatic carbocycles. The van der Waals surface area contributed by atoms with Gasteiger partial charge in [0.05, 0.1) is 0 Å². The average Bonchev–Trinajstić information content (AvgIpc) is 2.53. The number of nitrogens with zero attached hydrogens (tertiary/aromatic N) is 1. The first-order valence-corrected chi connectivity index (χ1v) is 10.8. The molecule has 0 saturated heterocycles. The van der Waals surface area contributed by atoms with Gasteiger partial charge in [0.1, 0.15) is 19.6 Å². The summed E-state index contributed by atoms with van der Waals surface area (Å²) in [6, 6.07) is 0. The van der Waals surface area contributed by atoms with Crippen molar-refractivity contribution in [2.75, 3.05) is 19.6 Å². The Hall–Kier alpha value is 0.210. The molecule has 0 aromatic rings. The highest BCUT2D eigenvalue weighted by Crippen LogP contribution is 2.14. The molecule has 0 aliphatic heterocycles. The molecule has 0 atom stereocenters. The van der Waals surface area contributed by atoms with E-state index in [1.54, 1.807) is 0 Å². The number of hydrogen-bond donors (Lipinski definition) is 1. The zero-order chi connectivity index (χ0) is 17.2. The molecule has 1 N–H and O–H groups in total. The molecule has 0 unspecified atom stereocenters. The first-order chi connectivity index (χ1) is 11.2. The molecule has 0 bridgehead atoms. The maximum absolute atomic E-state index is 10.8. The molecule has 0 aliphatic carbocycles. The van der Waals surface area contributed by atoms with E-state index in [1.807, 2.05) is 0 Å². The number of unbranched alkanes of at least 4 members (excludes halogenated alkanes) is 12. The van der Waals surface area contributed by atoms with Crippen molar-refractivity contribution in [1.29, 1.82) is 0 Å². The fourth-order valence-corrected chi connectivity index (χ4v) is 3.48. The molecular formula is C21H46ClNO. The van der Waals surface area contributed by atoms with Crippen LogP contribution in [0.5, 0.6) is 0 Å². The van der Waals surface area contributed by atoms with Crippen LogP contribution in [0.4, 0.5) is 0 Å². The van der Waals surface area contributed by atoms with E-state index < -0.39 is 0 Å². The first-order valence-electron chi connectivity index (χ1n) is 10.8. The lowest BCUT2D eigenvalue weighted by molar-refractivity contribution is -1.10. The molecule has 0 saturated carbocycles. The topological polar surface area (TPSA) is 20.2 Å². The van der Waals surface area contributed by atoms with Gasteiger partial charge in [0.15, 0.2) is 0 Å². The minimum absolute atomic E-state index is 0. The van der Waals surface area contributed by atoms with Gasteiger partial charge in [-0.2, -0.15) is 4.65 Å². The Kier molecular flexibility index (Phi) is 21.5. The van der Waals surface area contributed by atoms with Gasteiger partial charge in [-0.25, -0.2) is 5.21 Å². The third kappa shape index (κ3) is 17.0. The van der Waals surface area contributed by atoms with Crippen LogP contribution in [0.3, 0.4) is 0 Å². The zero-order valence-corrected chi connectivity index (χ0v) is 17.8. The summed E-state index contributed by atoms with van der Waals surface area (Å²) in [5.74, 6) is 0. The summed E-state index contributed by atoms with van der Waals surface area (Å²) in [5.41, 5.74) is 0. The Bertz CT molecular complexity index is 218. The molecule has 0 heterocycles. The second-order valence-corrected chi connectivity index (χ2v) is 7.51. The lowest BCUT2D eigenvalue weighted by Crippen LogP contribution is -3.00. The molecule has 0 radical (unpaired) electrons. The van der Waals surface area contributed by atoms with Crippen LogP contribution in [0.2, 0.25) is 0 Å². The van der Waals surface area contributed by atoms with Crippen molar-refractivity contribution in [1.82, 2.24) is 0 Å². The van der Waals surface area contributed by atoms with Gasteiger partial charge in [-0.05, 0) is 32.1 Å². The standard InChI is InChI=1S/C21H46NO.ClH/c1-4-7-9-11-13-15-17-20-22(23,19-6-3)21-18-16-14-12-10-8-5-2;/h23H,4-21H2,1-3H3;1H/q+1;/p-1. The number of hydrogen-bond acceptors (Lipinski definition) is 1. The SMILES string of the molecule is CCCCCCCCC[N+](O)(CCC)CCCCCCCCC.[Cl-]. The Labute approximate surface area is 159 Å². The minimum Gasteiger partial charge on any atom is -1.00 e. The molecule has 0 spiro atoms. The first kappa shape index (κ1) is 26.4. The smallest absolute Gasteiger partial charge is 0.109 e. The van der Waals surface area contributed by atoms with Crippen LogP contribution in [0.25, 0.3) is 0 Å². The van der Waals surface area contributed by atoms with Gasteiger partial charge in [0.2, 0.25) is 0 Å². The average molecular weight is 364 g/mol. The summed E-state index contributed by atoms with van der Waals surface area (Å²) in [6.45, 7) is 9.61. The van der Waals surface area contributed by atoms with Gasteiger partial charge in [-0.3, -0.25) is 0 Å². The Balaban J connectivity index is 0. The van der Waals surface area contributed by atoms with Crippen molar-refractivity contribution in [2.45, 2.75) is 117 Å². The van der Waals surface area contributed by atoms with E-state index in [0.717, 1.165) is 26.1 Å². The third-order valence-electron chi connectivity index (χ3n) is 5.00. The van der Waals surface area contributed by atoms with Crippen LogP contribution in [0.15, 0.2) is 0 Å².